The predicted octanol–water partition coefficient (Wildman–Crippen LogP) is 4.98. The van der Waals surface area contributed by atoms with Crippen LogP contribution in [0, 0.1) is 5.82 Å². The third-order valence-electron chi connectivity index (χ3n) is 7.02. The fraction of sp³-hybridized carbons (Fsp3) is 0.222. The summed E-state index contributed by atoms with van der Waals surface area (Å²) < 4.78 is 45.3. The van der Waals surface area contributed by atoms with Gasteiger partial charge in [-0.3, -0.25) is 19.1 Å². The molecule has 1 N–H and O–H groups in total. The van der Waals surface area contributed by atoms with Crippen LogP contribution in [0.25, 0.3) is 11.3 Å². The number of carbonyl (C=O) groups excluding carboxylic acids is 1. The molecule has 0 fully saturated rings. The van der Waals surface area contributed by atoms with E-state index in [1.165, 1.54) is 6.20 Å². The summed E-state index contributed by atoms with van der Waals surface area (Å²) in [5.41, 5.74) is 1.85. The summed E-state index contributed by atoms with van der Waals surface area (Å²) in [6.07, 6.45) is 7.62. The molecule has 5 aromatic rings. The summed E-state index contributed by atoms with van der Waals surface area (Å²) in [5.74, 6) is -1.15. The van der Waals surface area contributed by atoms with Gasteiger partial charge in [0.15, 0.2) is 5.82 Å². The maximum atomic E-state index is 14.7. The van der Waals surface area contributed by atoms with Crippen LogP contribution in [0.3, 0.4) is 0 Å². The number of halogens is 4. The van der Waals surface area contributed by atoms with Crippen molar-refractivity contribution in [2.24, 2.45) is 7.05 Å². The molecule has 6 rings (SSSR count). The minimum Gasteiger partial charge on any atom is -0.330 e. The molecule has 5 heterocycles. The van der Waals surface area contributed by atoms with Crippen LogP contribution in [-0.4, -0.2) is 45.4 Å². The van der Waals surface area contributed by atoms with Crippen LogP contribution in [0.1, 0.15) is 52.3 Å². The van der Waals surface area contributed by atoms with Crippen molar-refractivity contribution in [2.75, 3.05) is 10.2 Å². The van der Waals surface area contributed by atoms with E-state index in [0.29, 0.717) is 24.7 Å². The zero-order chi connectivity index (χ0) is 29.5. The molecule has 1 aromatic carbocycles. The number of fused-ring (bicyclic) bond motifs is 1. The molecule has 0 radical (unpaired) electrons. The number of aromatic nitrogens is 8. The second-order valence-corrected chi connectivity index (χ2v) is 10.1. The number of nitrogens with one attached hydrogen (secondary N) is 1. The minimum atomic E-state index is -2.99. The predicted molar refractivity (Wildman–Crippen MR) is 147 cm³/mol. The Bertz CT molecular complexity index is 1790. The lowest BCUT2D eigenvalue weighted by Gasteiger charge is -2.17. The Morgan fingerprint density at radius 3 is 2.57 bits per heavy atom. The fourth-order valence-corrected chi connectivity index (χ4v) is 4.86. The first kappa shape index (κ1) is 27.3. The molecule has 1 aliphatic rings. The Balaban J connectivity index is 1.15. The lowest BCUT2D eigenvalue weighted by molar-refractivity contribution is 0.102. The smallest absolute Gasteiger partial charge is 0.275 e. The molecular weight excluding hydrogens is 573 g/mol. The number of amides is 1. The van der Waals surface area contributed by atoms with Crippen molar-refractivity contribution in [1.29, 1.82) is 0 Å². The summed E-state index contributed by atoms with van der Waals surface area (Å²) in [5, 5.41) is 10.9. The Morgan fingerprint density at radius 1 is 1.05 bits per heavy atom. The molecule has 0 spiro atoms. The van der Waals surface area contributed by atoms with Gasteiger partial charge in [0.2, 0.25) is 5.95 Å². The van der Waals surface area contributed by atoms with Gasteiger partial charge in [-0.2, -0.15) is 10.2 Å². The van der Waals surface area contributed by atoms with E-state index in [9.17, 15) is 18.0 Å². The number of alkyl halides is 2. The molecule has 1 aliphatic heterocycles. The number of benzene rings is 1. The van der Waals surface area contributed by atoms with Crippen LogP contribution < -0.4 is 10.2 Å². The third kappa shape index (κ3) is 5.04. The number of carbonyl (C=O) groups is 1. The first-order chi connectivity index (χ1) is 20.2. The number of aryl methyl sites for hydroxylation is 1. The Kier molecular flexibility index (Phi) is 7.06. The number of anilines is 2. The number of rotatable bonds is 7. The molecule has 15 heteroatoms. The van der Waals surface area contributed by atoms with Crippen LogP contribution >= 0.6 is 11.6 Å². The highest BCUT2D eigenvalue weighted by Gasteiger charge is 2.25. The average Bonchev–Trinajstić information content (AvgIpc) is 3.72. The van der Waals surface area contributed by atoms with Crippen LogP contribution in [0.15, 0.2) is 55.5 Å². The number of hydrogen-bond donors (Lipinski definition) is 1. The molecule has 0 aliphatic carbocycles. The summed E-state index contributed by atoms with van der Waals surface area (Å²) in [7, 11) is 1.91. The van der Waals surface area contributed by atoms with E-state index in [1.54, 1.807) is 23.3 Å². The van der Waals surface area contributed by atoms with Crippen molar-refractivity contribution in [3.63, 3.8) is 0 Å². The van der Waals surface area contributed by atoms with Gasteiger partial charge in [-0.05, 0) is 13.0 Å². The van der Waals surface area contributed by atoms with Gasteiger partial charge in [-0.15, -0.1) is 0 Å². The van der Waals surface area contributed by atoms with Gasteiger partial charge in [0.05, 0.1) is 59.5 Å². The topological polar surface area (TPSA) is 120 Å². The zero-order valence-electron chi connectivity index (χ0n) is 22.2. The molecular formula is C27H22ClF3N10O. The zero-order valence-corrected chi connectivity index (χ0v) is 23.0. The standard InChI is InChI=1S/C27H22ClF3N10O/c1-14(15-5-33-27(34-6-15)40-11-16-7-35-39(2)22(16)13-40)41-12-17(8-36-41)37-26(42)21-10-32-9-20(38-21)23-18(25(30)31)3-4-19(28)24(23)29/h3-10,12,14,25H,11,13H2,1-2H3,(H,37,42). The SMILES string of the molecule is CC(c1cnc(N2Cc3cnn(C)c3C2)nc1)n1cc(NC(=O)c2cncc(-c3c(C(F)F)ccc(Cl)c3F)n2)cn1. The van der Waals surface area contributed by atoms with E-state index in [-0.39, 0.29) is 22.5 Å². The van der Waals surface area contributed by atoms with Gasteiger partial charge < -0.3 is 10.2 Å². The van der Waals surface area contributed by atoms with E-state index in [1.807, 2.05) is 24.9 Å². The normalized spacial score (nSPS) is 13.5. The van der Waals surface area contributed by atoms with Crippen molar-refractivity contribution in [3.05, 3.63) is 94.4 Å². The highest BCUT2D eigenvalue weighted by molar-refractivity contribution is 6.31. The first-order valence-corrected chi connectivity index (χ1v) is 13.1. The van der Waals surface area contributed by atoms with E-state index < -0.39 is 29.3 Å². The lowest BCUT2D eigenvalue weighted by atomic mass is 10.0. The molecule has 11 nitrogen and oxygen atoms in total. The van der Waals surface area contributed by atoms with E-state index in [2.05, 4.69) is 40.3 Å². The first-order valence-electron chi connectivity index (χ1n) is 12.7. The second-order valence-electron chi connectivity index (χ2n) is 9.67. The van der Waals surface area contributed by atoms with Gasteiger partial charge in [-0.25, -0.2) is 28.1 Å². The van der Waals surface area contributed by atoms with Crippen LogP contribution in [-0.2, 0) is 20.1 Å². The molecule has 214 valence electrons. The average molecular weight is 595 g/mol. The number of nitrogens with zero attached hydrogens (tertiary/aromatic N) is 9. The maximum Gasteiger partial charge on any atom is 0.275 e. The quantitative estimate of drug-likeness (QED) is 0.280. The molecule has 1 atom stereocenters. The minimum absolute atomic E-state index is 0.211. The van der Waals surface area contributed by atoms with E-state index in [4.69, 9.17) is 11.6 Å². The second kappa shape index (κ2) is 10.9. The van der Waals surface area contributed by atoms with Crippen molar-refractivity contribution in [1.82, 2.24) is 39.5 Å². The van der Waals surface area contributed by atoms with Crippen molar-refractivity contribution < 1.29 is 18.0 Å². The number of hydrogen-bond acceptors (Lipinski definition) is 8. The van der Waals surface area contributed by atoms with Crippen LogP contribution in [0.5, 0.6) is 0 Å². The van der Waals surface area contributed by atoms with Gasteiger partial charge in [0.25, 0.3) is 12.3 Å². The molecule has 0 bridgehead atoms. The van der Waals surface area contributed by atoms with Gasteiger partial charge in [-0.1, -0.05) is 17.7 Å². The highest BCUT2D eigenvalue weighted by Crippen LogP contribution is 2.35. The lowest BCUT2D eigenvalue weighted by Crippen LogP contribution is -2.19. The Labute approximate surface area is 242 Å². The largest absolute Gasteiger partial charge is 0.330 e. The van der Waals surface area contributed by atoms with E-state index in [0.717, 1.165) is 41.3 Å². The summed E-state index contributed by atoms with van der Waals surface area (Å²) >= 11 is 5.81. The van der Waals surface area contributed by atoms with Crippen molar-refractivity contribution in [2.45, 2.75) is 32.5 Å². The van der Waals surface area contributed by atoms with Crippen molar-refractivity contribution >= 4 is 29.1 Å². The fourth-order valence-electron chi connectivity index (χ4n) is 4.70. The molecule has 4 aromatic heterocycles. The molecule has 0 saturated heterocycles. The van der Waals surface area contributed by atoms with Crippen molar-refractivity contribution in [3.8, 4) is 11.3 Å². The van der Waals surface area contributed by atoms with E-state index >= 15 is 0 Å². The molecule has 1 amide bonds. The molecule has 42 heavy (non-hydrogen) atoms. The molecule has 1 unspecified atom stereocenters. The highest BCUT2D eigenvalue weighted by atomic mass is 35.5. The van der Waals surface area contributed by atoms with Crippen LogP contribution in [0.4, 0.5) is 24.8 Å². The third-order valence-corrected chi connectivity index (χ3v) is 7.31. The van der Waals surface area contributed by atoms with Gasteiger partial charge in [0.1, 0.15) is 5.69 Å². The van der Waals surface area contributed by atoms with Gasteiger partial charge in [0, 0.05) is 54.4 Å². The van der Waals surface area contributed by atoms with Gasteiger partial charge >= 0.3 is 0 Å². The Hall–Kier alpha value is -4.85. The monoisotopic (exact) mass is 594 g/mol. The van der Waals surface area contributed by atoms with Crippen LogP contribution in [0.2, 0.25) is 5.02 Å². The molecule has 0 saturated carbocycles. The summed E-state index contributed by atoms with van der Waals surface area (Å²) in [4.78, 5) is 32.0. The summed E-state index contributed by atoms with van der Waals surface area (Å²) in [6, 6.07) is 1.79. The maximum absolute atomic E-state index is 14.7. The summed E-state index contributed by atoms with van der Waals surface area (Å²) in [6.45, 7) is 3.27. The Morgan fingerprint density at radius 2 is 1.83 bits per heavy atom.